The minimum atomic E-state index is -0.198. The van der Waals surface area contributed by atoms with Gasteiger partial charge in [-0.2, -0.15) is 11.8 Å². The van der Waals surface area contributed by atoms with Crippen molar-refractivity contribution in [2.45, 2.75) is 31.1 Å². The summed E-state index contributed by atoms with van der Waals surface area (Å²) >= 11 is 10.6. The average Bonchev–Trinajstić information content (AvgIpc) is 2.89. The van der Waals surface area contributed by atoms with Gasteiger partial charge in [0.1, 0.15) is 0 Å². The number of fused-ring (bicyclic) bond motifs is 1. The Bertz CT molecular complexity index is 426. The highest BCUT2D eigenvalue weighted by Gasteiger charge is 2.29. The van der Waals surface area contributed by atoms with E-state index in [0.29, 0.717) is 0 Å². The van der Waals surface area contributed by atoms with Gasteiger partial charge in [-0.1, -0.05) is 38.8 Å². The first-order valence-corrected chi connectivity index (χ1v) is 10.5. The molecule has 0 fully saturated rings. The highest BCUT2D eigenvalue weighted by atomic mass is 79.9. The summed E-state index contributed by atoms with van der Waals surface area (Å²) in [5.41, 5.74) is 1.15. The molecule has 1 aromatic heterocycles. The van der Waals surface area contributed by atoms with E-state index < -0.39 is 0 Å². The van der Waals surface area contributed by atoms with Gasteiger partial charge in [-0.3, -0.25) is 4.79 Å². The summed E-state index contributed by atoms with van der Waals surface area (Å²) in [5.74, 6) is 2.29. The molecule has 1 aliphatic heterocycles. The largest absolute Gasteiger partial charge is 0.344 e. The number of thiophene rings is 1. The van der Waals surface area contributed by atoms with Gasteiger partial charge in [0.2, 0.25) is 0 Å². The van der Waals surface area contributed by atoms with Gasteiger partial charge in [-0.05, 0) is 30.2 Å². The molecule has 0 aromatic carbocycles. The number of carbonyl (C=O) groups excluding carboxylic acids is 1. The second-order valence-electron chi connectivity index (χ2n) is 4.72. The van der Waals surface area contributed by atoms with E-state index in [4.69, 9.17) is 0 Å². The molecule has 2 nitrogen and oxygen atoms in total. The van der Waals surface area contributed by atoms with Gasteiger partial charge in [-0.25, -0.2) is 0 Å². The topological polar surface area (TPSA) is 29.1 Å². The zero-order valence-electron chi connectivity index (χ0n) is 10.8. The first kappa shape index (κ1) is 15.9. The van der Waals surface area contributed by atoms with Crippen LogP contribution in [-0.4, -0.2) is 27.9 Å². The van der Waals surface area contributed by atoms with Crippen LogP contribution in [0.5, 0.6) is 0 Å². The van der Waals surface area contributed by atoms with Gasteiger partial charge in [-0.15, -0.1) is 11.3 Å². The Morgan fingerprint density at radius 3 is 2.79 bits per heavy atom. The molecule has 0 spiro atoms. The van der Waals surface area contributed by atoms with E-state index in [1.807, 2.05) is 11.8 Å². The lowest BCUT2D eigenvalue weighted by atomic mass is 10.0. The van der Waals surface area contributed by atoms with Gasteiger partial charge in [0.05, 0.1) is 10.4 Å². The molecule has 2 heterocycles. The number of carbonyl (C=O) groups is 1. The van der Waals surface area contributed by atoms with Gasteiger partial charge >= 0.3 is 0 Å². The molecule has 0 saturated heterocycles. The molecule has 106 valence electrons. The summed E-state index contributed by atoms with van der Waals surface area (Å²) in [4.78, 5) is 14.7. The highest BCUT2D eigenvalue weighted by molar-refractivity contribution is 9.09. The third-order valence-corrected chi connectivity index (χ3v) is 7.81. The lowest BCUT2D eigenvalue weighted by Gasteiger charge is -2.29. The number of alkyl halides is 2. The van der Waals surface area contributed by atoms with Crippen LogP contribution in [0.25, 0.3) is 0 Å². The van der Waals surface area contributed by atoms with E-state index in [2.05, 4.69) is 50.2 Å². The normalized spacial score (nSPS) is 15.1. The minimum absolute atomic E-state index is 0.0603. The maximum atomic E-state index is 12.4. The zero-order valence-corrected chi connectivity index (χ0v) is 15.6. The van der Waals surface area contributed by atoms with Crippen LogP contribution in [0.15, 0.2) is 6.07 Å². The van der Waals surface area contributed by atoms with Crippen molar-refractivity contribution in [1.82, 2.24) is 5.32 Å². The van der Waals surface area contributed by atoms with Crippen LogP contribution in [0.2, 0.25) is 0 Å². The van der Waals surface area contributed by atoms with E-state index in [0.717, 1.165) is 34.1 Å². The Morgan fingerprint density at radius 1 is 1.47 bits per heavy atom. The Balaban J connectivity index is 2.13. The molecule has 1 amide bonds. The molecule has 1 N–H and O–H groups in total. The van der Waals surface area contributed by atoms with Crippen molar-refractivity contribution in [2.24, 2.45) is 0 Å². The maximum Gasteiger partial charge on any atom is 0.261 e. The van der Waals surface area contributed by atoms with Crippen LogP contribution >= 0.6 is 55.0 Å². The second kappa shape index (κ2) is 6.96. The van der Waals surface area contributed by atoms with Crippen LogP contribution < -0.4 is 5.32 Å². The van der Waals surface area contributed by atoms with E-state index in [1.54, 1.807) is 11.3 Å². The Labute approximate surface area is 139 Å². The van der Waals surface area contributed by atoms with Gasteiger partial charge in [0, 0.05) is 21.3 Å². The first-order valence-electron chi connectivity index (χ1n) is 6.28. The number of aryl methyl sites for hydroxylation is 1. The van der Waals surface area contributed by atoms with Gasteiger partial charge < -0.3 is 5.32 Å². The fraction of sp³-hybridized carbons (Fsp3) is 0.615. The van der Waals surface area contributed by atoms with Crippen molar-refractivity contribution in [1.29, 1.82) is 0 Å². The standard InChI is InChI=1S/C13H17Br2NOS2/c1-2-13(7-14,8-15)16-12(17)11-5-9-6-18-4-3-10(9)19-11/h5H,2-4,6-8H2,1H3,(H,16,17). The van der Waals surface area contributed by atoms with Crippen LogP contribution in [0, 0.1) is 0 Å². The summed E-state index contributed by atoms with van der Waals surface area (Å²) in [5, 5.41) is 4.69. The summed E-state index contributed by atoms with van der Waals surface area (Å²) in [6, 6.07) is 2.07. The van der Waals surface area contributed by atoms with Crippen molar-refractivity contribution in [3.8, 4) is 0 Å². The summed E-state index contributed by atoms with van der Waals surface area (Å²) < 4.78 is 0. The minimum Gasteiger partial charge on any atom is -0.344 e. The van der Waals surface area contributed by atoms with E-state index >= 15 is 0 Å². The van der Waals surface area contributed by atoms with Gasteiger partial charge in [0.25, 0.3) is 5.91 Å². The maximum absolute atomic E-state index is 12.4. The van der Waals surface area contributed by atoms with Crippen LogP contribution in [0.3, 0.4) is 0 Å². The fourth-order valence-electron chi connectivity index (χ4n) is 1.94. The van der Waals surface area contributed by atoms with Crippen LogP contribution in [0.1, 0.15) is 33.5 Å². The van der Waals surface area contributed by atoms with Gasteiger partial charge in [0.15, 0.2) is 0 Å². The number of amides is 1. The molecule has 0 atom stereocenters. The zero-order chi connectivity index (χ0) is 13.9. The number of nitrogens with one attached hydrogen (secondary N) is 1. The third-order valence-electron chi connectivity index (χ3n) is 3.42. The quantitative estimate of drug-likeness (QED) is 0.714. The SMILES string of the molecule is CCC(CBr)(CBr)NC(=O)c1cc2c(s1)CCSC2. The average molecular weight is 427 g/mol. The number of hydrogen-bond acceptors (Lipinski definition) is 3. The molecule has 19 heavy (non-hydrogen) atoms. The Morgan fingerprint density at radius 2 is 2.21 bits per heavy atom. The predicted octanol–water partition coefficient (Wildman–Crippen LogP) is 4.21. The van der Waals surface area contributed by atoms with Crippen LogP contribution in [-0.2, 0) is 12.2 Å². The van der Waals surface area contributed by atoms with Crippen molar-refractivity contribution >= 4 is 60.9 Å². The highest BCUT2D eigenvalue weighted by Crippen LogP contribution is 2.32. The van der Waals surface area contributed by atoms with Crippen molar-refractivity contribution in [3.63, 3.8) is 0 Å². The van der Waals surface area contributed by atoms with E-state index in [-0.39, 0.29) is 11.4 Å². The van der Waals surface area contributed by atoms with E-state index in [9.17, 15) is 4.79 Å². The first-order chi connectivity index (χ1) is 9.14. The molecule has 6 heteroatoms. The molecule has 2 rings (SSSR count). The fourth-order valence-corrected chi connectivity index (χ4v) is 6.21. The smallest absolute Gasteiger partial charge is 0.261 e. The number of thioether (sulfide) groups is 1. The lowest BCUT2D eigenvalue weighted by molar-refractivity contribution is 0.0919. The van der Waals surface area contributed by atoms with E-state index in [1.165, 1.54) is 16.2 Å². The van der Waals surface area contributed by atoms with Crippen molar-refractivity contribution < 1.29 is 4.79 Å². The van der Waals surface area contributed by atoms with Crippen molar-refractivity contribution in [3.05, 3.63) is 21.4 Å². The molecule has 0 radical (unpaired) electrons. The monoisotopic (exact) mass is 425 g/mol. The molecule has 0 aliphatic carbocycles. The lowest BCUT2D eigenvalue weighted by Crippen LogP contribution is -2.50. The summed E-state index contributed by atoms with van der Waals surface area (Å²) in [6.07, 6.45) is 2.00. The molecule has 1 aliphatic rings. The number of hydrogen-bond donors (Lipinski definition) is 1. The third kappa shape index (κ3) is 3.57. The Kier molecular flexibility index (Phi) is 5.81. The molecular weight excluding hydrogens is 410 g/mol. The second-order valence-corrected chi connectivity index (χ2v) is 8.08. The van der Waals surface area contributed by atoms with Crippen molar-refractivity contribution in [2.75, 3.05) is 16.4 Å². The predicted molar refractivity (Wildman–Crippen MR) is 92.3 cm³/mol. The molecule has 0 bridgehead atoms. The van der Waals surface area contributed by atoms with Crippen LogP contribution in [0.4, 0.5) is 0 Å². The summed E-state index contributed by atoms with van der Waals surface area (Å²) in [7, 11) is 0. The molecule has 0 unspecified atom stereocenters. The number of halogens is 2. The molecule has 1 aromatic rings. The Hall–Kier alpha value is 0.480. The molecule has 0 saturated carbocycles. The number of rotatable bonds is 5. The molecular formula is C13H17Br2NOS2. The summed E-state index contributed by atoms with van der Waals surface area (Å²) in [6.45, 7) is 2.10.